The van der Waals surface area contributed by atoms with E-state index in [-0.39, 0.29) is 11.9 Å². The van der Waals surface area contributed by atoms with E-state index in [1.165, 1.54) is 18.7 Å². The summed E-state index contributed by atoms with van der Waals surface area (Å²) in [4.78, 5) is 4.16. The Morgan fingerprint density at radius 1 is 1.56 bits per heavy atom. The zero-order valence-electron chi connectivity index (χ0n) is 10.9. The van der Waals surface area contributed by atoms with Crippen molar-refractivity contribution < 1.29 is 9.13 Å². The fourth-order valence-corrected chi connectivity index (χ4v) is 2.42. The van der Waals surface area contributed by atoms with Crippen molar-refractivity contribution >= 4 is 0 Å². The Morgan fingerprint density at radius 3 is 3.06 bits per heavy atom. The SMILES string of the molecule is CCNC(CCC1CCCO1)c1ccc(F)cn1. The Balaban J connectivity index is 1.91. The third kappa shape index (κ3) is 3.75. The third-order valence-corrected chi connectivity index (χ3v) is 3.36. The van der Waals surface area contributed by atoms with E-state index in [4.69, 9.17) is 4.74 Å². The van der Waals surface area contributed by atoms with E-state index in [0.29, 0.717) is 6.10 Å². The summed E-state index contributed by atoms with van der Waals surface area (Å²) in [6, 6.07) is 3.43. The maximum atomic E-state index is 12.9. The van der Waals surface area contributed by atoms with Gasteiger partial charge in [0.05, 0.1) is 18.0 Å². The normalized spacial score (nSPS) is 21.1. The van der Waals surface area contributed by atoms with Gasteiger partial charge in [-0.2, -0.15) is 0 Å². The third-order valence-electron chi connectivity index (χ3n) is 3.36. The molecule has 0 spiro atoms. The van der Waals surface area contributed by atoms with Crippen LogP contribution < -0.4 is 5.32 Å². The van der Waals surface area contributed by atoms with Crippen LogP contribution >= 0.6 is 0 Å². The fourth-order valence-electron chi connectivity index (χ4n) is 2.42. The van der Waals surface area contributed by atoms with Gasteiger partial charge in [-0.1, -0.05) is 6.92 Å². The molecule has 0 amide bonds. The summed E-state index contributed by atoms with van der Waals surface area (Å²) in [6.07, 6.45) is 6.03. The van der Waals surface area contributed by atoms with E-state index in [0.717, 1.165) is 38.1 Å². The van der Waals surface area contributed by atoms with Crippen LogP contribution in [0.5, 0.6) is 0 Å². The van der Waals surface area contributed by atoms with Gasteiger partial charge in [0.1, 0.15) is 5.82 Å². The molecule has 0 saturated carbocycles. The summed E-state index contributed by atoms with van der Waals surface area (Å²) in [7, 11) is 0. The zero-order valence-corrected chi connectivity index (χ0v) is 10.9. The zero-order chi connectivity index (χ0) is 12.8. The average molecular weight is 252 g/mol. The highest BCUT2D eigenvalue weighted by Gasteiger charge is 2.19. The molecule has 1 aliphatic rings. The molecular formula is C14H21FN2O. The lowest BCUT2D eigenvalue weighted by molar-refractivity contribution is 0.0995. The molecule has 0 aliphatic carbocycles. The van der Waals surface area contributed by atoms with Crippen molar-refractivity contribution in [2.24, 2.45) is 0 Å². The molecule has 1 N–H and O–H groups in total. The predicted molar refractivity (Wildman–Crippen MR) is 68.8 cm³/mol. The van der Waals surface area contributed by atoms with Crippen LogP contribution in [-0.4, -0.2) is 24.2 Å². The first kappa shape index (κ1) is 13.4. The molecular weight excluding hydrogens is 231 g/mol. The van der Waals surface area contributed by atoms with E-state index >= 15 is 0 Å². The van der Waals surface area contributed by atoms with Crippen molar-refractivity contribution in [1.82, 2.24) is 10.3 Å². The second-order valence-corrected chi connectivity index (χ2v) is 4.72. The van der Waals surface area contributed by atoms with Crippen LogP contribution in [0.1, 0.15) is 44.3 Å². The van der Waals surface area contributed by atoms with Crippen LogP contribution in [0.15, 0.2) is 18.3 Å². The van der Waals surface area contributed by atoms with Gasteiger partial charge in [-0.05, 0) is 44.4 Å². The van der Waals surface area contributed by atoms with Crippen LogP contribution in [0.4, 0.5) is 4.39 Å². The molecule has 2 rings (SSSR count). The Labute approximate surface area is 108 Å². The van der Waals surface area contributed by atoms with Gasteiger partial charge in [0.15, 0.2) is 0 Å². The molecule has 1 aromatic heterocycles. The largest absolute Gasteiger partial charge is 0.378 e. The van der Waals surface area contributed by atoms with Gasteiger partial charge in [-0.25, -0.2) is 4.39 Å². The van der Waals surface area contributed by atoms with E-state index in [2.05, 4.69) is 17.2 Å². The highest BCUT2D eigenvalue weighted by Crippen LogP contribution is 2.23. The minimum Gasteiger partial charge on any atom is -0.378 e. The minimum absolute atomic E-state index is 0.194. The first-order chi connectivity index (χ1) is 8.79. The monoisotopic (exact) mass is 252 g/mol. The van der Waals surface area contributed by atoms with Gasteiger partial charge < -0.3 is 10.1 Å². The van der Waals surface area contributed by atoms with E-state index in [1.54, 1.807) is 6.07 Å². The van der Waals surface area contributed by atoms with Crippen LogP contribution in [0.2, 0.25) is 0 Å². The summed E-state index contributed by atoms with van der Waals surface area (Å²) in [5, 5.41) is 3.40. The lowest BCUT2D eigenvalue weighted by atomic mass is 10.0. The first-order valence-electron chi connectivity index (χ1n) is 6.76. The van der Waals surface area contributed by atoms with E-state index in [1.807, 2.05) is 0 Å². The van der Waals surface area contributed by atoms with Crippen molar-refractivity contribution in [3.05, 3.63) is 29.8 Å². The number of hydrogen-bond acceptors (Lipinski definition) is 3. The predicted octanol–water partition coefficient (Wildman–Crippen LogP) is 2.83. The summed E-state index contributed by atoms with van der Waals surface area (Å²) in [5.74, 6) is -0.284. The van der Waals surface area contributed by atoms with E-state index in [9.17, 15) is 4.39 Å². The van der Waals surface area contributed by atoms with Crippen molar-refractivity contribution in [3.8, 4) is 0 Å². The molecule has 0 aromatic carbocycles. The summed E-state index contributed by atoms with van der Waals surface area (Å²) in [6.45, 7) is 3.85. The fraction of sp³-hybridized carbons (Fsp3) is 0.643. The second-order valence-electron chi connectivity index (χ2n) is 4.72. The standard InChI is InChI=1S/C14H21FN2O/c1-2-16-13(8-6-12-4-3-9-18-12)14-7-5-11(15)10-17-14/h5,7,10,12-13,16H,2-4,6,8-9H2,1H3. The van der Waals surface area contributed by atoms with Crippen molar-refractivity contribution in [2.75, 3.05) is 13.2 Å². The summed E-state index contributed by atoms with van der Waals surface area (Å²) < 4.78 is 18.5. The average Bonchev–Trinajstić information content (AvgIpc) is 2.89. The number of aromatic nitrogens is 1. The number of hydrogen-bond donors (Lipinski definition) is 1. The van der Waals surface area contributed by atoms with Crippen LogP contribution in [0, 0.1) is 5.82 Å². The molecule has 4 heteroatoms. The Hall–Kier alpha value is -1.00. The molecule has 2 atom stereocenters. The van der Waals surface area contributed by atoms with Gasteiger partial charge in [-0.3, -0.25) is 4.98 Å². The molecule has 1 saturated heterocycles. The topological polar surface area (TPSA) is 34.1 Å². The number of pyridine rings is 1. The molecule has 2 heterocycles. The highest BCUT2D eigenvalue weighted by molar-refractivity contribution is 5.09. The molecule has 1 aliphatic heterocycles. The van der Waals surface area contributed by atoms with Gasteiger partial charge in [0.2, 0.25) is 0 Å². The summed E-state index contributed by atoms with van der Waals surface area (Å²) in [5.41, 5.74) is 0.913. The molecule has 100 valence electrons. The minimum atomic E-state index is -0.284. The number of halogens is 1. The van der Waals surface area contributed by atoms with Crippen LogP contribution in [0.3, 0.4) is 0 Å². The lowest BCUT2D eigenvalue weighted by Gasteiger charge is -2.19. The van der Waals surface area contributed by atoms with Gasteiger partial charge in [0.25, 0.3) is 0 Å². The number of nitrogens with one attached hydrogen (secondary N) is 1. The quantitative estimate of drug-likeness (QED) is 0.845. The van der Waals surface area contributed by atoms with Crippen LogP contribution in [0.25, 0.3) is 0 Å². The van der Waals surface area contributed by atoms with Gasteiger partial charge in [0, 0.05) is 12.6 Å². The van der Waals surface area contributed by atoms with Crippen LogP contribution in [-0.2, 0) is 4.74 Å². The van der Waals surface area contributed by atoms with Crippen molar-refractivity contribution in [2.45, 2.75) is 44.8 Å². The number of ether oxygens (including phenoxy) is 1. The smallest absolute Gasteiger partial charge is 0.141 e. The first-order valence-corrected chi connectivity index (χ1v) is 6.76. The van der Waals surface area contributed by atoms with Gasteiger partial charge >= 0.3 is 0 Å². The number of rotatable bonds is 6. The van der Waals surface area contributed by atoms with Gasteiger partial charge in [-0.15, -0.1) is 0 Å². The lowest BCUT2D eigenvalue weighted by Crippen LogP contribution is -2.23. The maximum absolute atomic E-state index is 12.9. The highest BCUT2D eigenvalue weighted by atomic mass is 19.1. The van der Waals surface area contributed by atoms with E-state index < -0.39 is 0 Å². The van der Waals surface area contributed by atoms with Crippen molar-refractivity contribution in [3.63, 3.8) is 0 Å². The second kappa shape index (κ2) is 6.81. The number of nitrogens with zero attached hydrogens (tertiary/aromatic N) is 1. The molecule has 0 bridgehead atoms. The maximum Gasteiger partial charge on any atom is 0.141 e. The molecule has 18 heavy (non-hydrogen) atoms. The Kier molecular flexibility index (Phi) is 5.08. The summed E-state index contributed by atoms with van der Waals surface area (Å²) >= 11 is 0. The van der Waals surface area contributed by atoms with Crippen molar-refractivity contribution in [1.29, 1.82) is 0 Å². The Bertz CT molecular complexity index is 349. The molecule has 3 nitrogen and oxygen atoms in total. The molecule has 1 fully saturated rings. The molecule has 1 aromatic rings. The molecule has 2 unspecified atom stereocenters. The molecule has 0 radical (unpaired) electrons. The Morgan fingerprint density at radius 2 is 2.44 bits per heavy atom.